The minimum absolute atomic E-state index is 0.110. The summed E-state index contributed by atoms with van der Waals surface area (Å²) in [7, 11) is 5.72. The standard InChI is InChI=1S/C7H15ClNO2/c1-9(2,3)5-7(11)6(10)4-8/h7,11H,4-5H2,1-3H3/q+1. The first kappa shape index (κ1) is 10.9. The van der Waals surface area contributed by atoms with Crippen molar-refractivity contribution in [2.75, 3.05) is 33.6 Å². The van der Waals surface area contributed by atoms with Crippen molar-refractivity contribution in [3.8, 4) is 0 Å². The van der Waals surface area contributed by atoms with Crippen LogP contribution in [0.5, 0.6) is 0 Å². The fourth-order valence-corrected chi connectivity index (χ4v) is 0.888. The van der Waals surface area contributed by atoms with Crippen LogP contribution in [0.1, 0.15) is 0 Å². The van der Waals surface area contributed by atoms with Crippen molar-refractivity contribution in [2.24, 2.45) is 0 Å². The second-order valence-corrected chi connectivity index (χ2v) is 3.86. The summed E-state index contributed by atoms with van der Waals surface area (Å²) >= 11 is 5.26. The number of likely N-dealkylation sites (N-methyl/N-ethyl adjacent to an activating group) is 1. The zero-order valence-electron chi connectivity index (χ0n) is 7.17. The van der Waals surface area contributed by atoms with Crippen molar-refractivity contribution in [2.45, 2.75) is 6.10 Å². The molecule has 0 fully saturated rings. The Bertz CT molecular complexity index is 142. The maximum absolute atomic E-state index is 10.8. The molecule has 0 bridgehead atoms. The van der Waals surface area contributed by atoms with Crippen LogP contribution in [0.3, 0.4) is 0 Å². The number of rotatable bonds is 4. The molecular weight excluding hydrogens is 166 g/mol. The third kappa shape index (κ3) is 5.18. The highest BCUT2D eigenvalue weighted by molar-refractivity contribution is 6.28. The van der Waals surface area contributed by atoms with Crippen LogP contribution < -0.4 is 0 Å². The van der Waals surface area contributed by atoms with Crippen LogP contribution in [-0.2, 0) is 4.79 Å². The average molecular weight is 181 g/mol. The van der Waals surface area contributed by atoms with E-state index in [0.717, 1.165) is 0 Å². The molecule has 0 spiro atoms. The highest BCUT2D eigenvalue weighted by Crippen LogP contribution is 1.97. The van der Waals surface area contributed by atoms with Crippen LogP contribution in [0.15, 0.2) is 0 Å². The first-order chi connectivity index (χ1) is 4.87. The van der Waals surface area contributed by atoms with Gasteiger partial charge in [0.25, 0.3) is 0 Å². The fourth-order valence-electron chi connectivity index (χ4n) is 0.710. The molecule has 1 N–H and O–H groups in total. The van der Waals surface area contributed by atoms with Gasteiger partial charge in [-0.05, 0) is 0 Å². The van der Waals surface area contributed by atoms with Gasteiger partial charge in [-0.25, -0.2) is 0 Å². The topological polar surface area (TPSA) is 37.3 Å². The molecule has 0 aromatic carbocycles. The summed E-state index contributed by atoms with van der Waals surface area (Å²) in [4.78, 5) is 10.8. The summed E-state index contributed by atoms with van der Waals surface area (Å²) < 4.78 is 0.559. The Balaban J connectivity index is 3.87. The maximum atomic E-state index is 10.8. The molecule has 0 saturated heterocycles. The normalized spacial score (nSPS) is 14.6. The second kappa shape index (κ2) is 4.04. The molecule has 0 aliphatic carbocycles. The number of Topliss-reactive ketones (excluding diaryl/α,β-unsaturated/α-hetero) is 1. The number of quaternary nitrogens is 1. The lowest BCUT2D eigenvalue weighted by Crippen LogP contribution is -2.44. The molecule has 0 rings (SSSR count). The summed E-state index contributed by atoms with van der Waals surface area (Å²) in [5.74, 6) is -0.416. The van der Waals surface area contributed by atoms with Gasteiger partial charge in [0, 0.05) is 0 Å². The lowest BCUT2D eigenvalue weighted by Gasteiger charge is -2.25. The predicted octanol–water partition coefficient (Wildman–Crippen LogP) is -0.139. The van der Waals surface area contributed by atoms with Gasteiger partial charge >= 0.3 is 0 Å². The van der Waals surface area contributed by atoms with Crippen molar-refractivity contribution in [1.82, 2.24) is 0 Å². The molecule has 3 nitrogen and oxygen atoms in total. The maximum Gasteiger partial charge on any atom is 0.181 e. The van der Waals surface area contributed by atoms with Crippen molar-refractivity contribution in [3.63, 3.8) is 0 Å². The molecular formula is C7H15ClNO2+. The predicted molar refractivity (Wildman–Crippen MR) is 44.6 cm³/mol. The lowest BCUT2D eigenvalue weighted by atomic mass is 10.2. The minimum Gasteiger partial charge on any atom is -0.380 e. The van der Waals surface area contributed by atoms with Gasteiger partial charge in [0.2, 0.25) is 0 Å². The van der Waals surface area contributed by atoms with E-state index in [1.54, 1.807) is 0 Å². The summed E-state index contributed by atoms with van der Waals surface area (Å²) in [6.45, 7) is 0.408. The number of carbonyl (C=O) groups is 1. The molecule has 0 amide bonds. The average Bonchev–Trinajstić information content (AvgIpc) is 1.82. The Morgan fingerprint density at radius 1 is 1.55 bits per heavy atom. The molecule has 0 saturated carbocycles. The zero-order valence-corrected chi connectivity index (χ0v) is 7.93. The molecule has 0 aromatic heterocycles. The number of carbonyl (C=O) groups excluding carboxylic acids is 1. The van der Waals surface area contributed by atoms with E-state index in [-0.39, 0.29) is 11.7 Å². The van der Waals surface area contributed by atoms with Crippen LogP contribution in [-0.4, -0.2) is 55.0 Å². The highest BCUT2D eigenvalue weighted by Gasteiger charge is 2.21. The van der Waals surface area contributed by atoms with Crippen LogP contribution in [0.25, 0.3) is 0 Å². The summed E-state index contributed by atoms with van der Waals surface area (Å²) in [5.41, 5.74) is 0. The van der Waals surface area contributed by atoms with E-state index in [1.807, 2.05) is 21.1 Å². The number of halogens is 1. The monoisotopic (exact) mass is 180 g/mol. The second-order valence-electron chi connectivity index (χ2n) is 3.59. The van der Waals surface area contributed by atoms with E-state index in [4.69, 9.17) is 11.6 Å². The number of aliphatic hydroxyl groups is 1. The Hall–Kier alpha value is -0.120. The zero-order chi connectivity index (χ0) is 9.07. The van der Waals surface area contributed by atoms with Gasteiger partial charge in [0.05, 0.1) is 27.0 Å². The van der Waals surface area contributed by atoms with Crippen molar-refractivity contribution in [3.05, 3.63) is 0 Å². The third-order valence-corrected chi connectivity index (χ3v) is 1.49. The quantitative estimate of drug-likeness (QED) is 0.483. The van der Waals surface area contributed by atoms with Crippen LogP contribution in [0, 0.1) is 0 Å². The first-order valence-corrected chi connectivity index (χ1v) is 3.97. The van der Waals surface area contributed by atoms with E-state index in [2.05, 4.69) is 0 Å². The van der Waals surface area contributed by atoms with E-state index >= 15 is 0 Å². The number of hydrogen-bond acceptors (Lipinski definition) is 2. The third-order valence-electron chi connectivity index (χ3n) is 1.22. The largest absolute Gasteiger partial charge is 0.380 e. The summed E-state index contributed by atoms with van der Waals surface area (Å²) in [6.07, 6.45) is -0.924. The molecule has 1 unspecified atom stereocenters. The SMILES string of the molecule is C[N+](C)(C)CC(O)C(=O)CCl. The van der Waals surface area contributed by atoms with Gasteiger partial charge in [-0.15, -0.1) is 11.6 Å². The number of alkyl halides is 1. The number of ketones is 1. The van der Waals surface area contributed by atoms with E-state index < -0.39 is 6.10 Å². The Morgan fingerprint density at radius 2 is 2.00 bits per heavy atom. The van der Waals surface area contributed by atoms with Crippen molar-refractivity contribution >= 4 is 17.4 Å². The molecule has 0 heterocycles. The number of nitrogens with zero attached hydrogens (tertiary/aromatic N) is 1. The van der Waals surface area contributed by atoms with Gasteiger partial charge in [-0.3, -0.25) is 4.79 Å². The van der Waals surface area contributed by atoms with Gasteiger partial charge < -0.3 is 9.59 Å². The molecule has 0 aliphatic rings. The van der Waals surface area contributed by atoms with E-state index in [1.165, 1.54) is 0 Å². The molecule has 1 atom stereocenters. The van der Waals surface area contributed by atoms with Crippen LogP contribution >= 0.6 is 11.6 Å². The Kier molecular flexibility index (Phi) is 4.00. The van der Waals surface area contributed by atoms with Gasteiger partial charge in [0.15, 0.2) is 11.9 Å². The first-order valence-electron chi connectivity index (χ1n) is 3.44. The summed E-state index contributed by atoms with van der Waals surface area (Å²) in [5, 5.41) is 9.20. The fraction of sp³-hybridized carbons (Fsp3) is 0.857. The Morgan fingerprint density at radius 3 is 2.27 bits per heavy atom. The van der Waals surface area contributed by atoms with E-state index in [0.29, 0.717) is 11.0 Å². The van der Waals surface area contributed by atoms with Crippen molar-refractivity contribution < 1.29 is 14.4 Å². The lowest BCUT2D eigenvalue weighted by molar-refractivity contribution is -0.872. The van der Waals surface area contributed by atoms with Gasteiger partial charge in [-0.2, -0.15) is 0 Å². The number of hydrogen-bond donors (Lipinski definition) is 1. The summed E-state index contributed by atoms with van der Waals surface area (Å²) in [6, 6.07) is 0. The molecule has 4 heteroatoms. The molecule has 0 radical (unpaired) electrons. The number of aliphatic hydroxyl groups excluding tert-OH is 1. The van der Waals surface area contributed by atoms with Crippen LogP contribution in [0.2, 0.25) is 0 Å². The smallest absolute Gasteiger partial charge is 0.181 e. The molecule has 66 valence electrons. The van der Waals surface area contributed by atoms with Gasteiger partial charge in [0.1, 0.15) is 6.54 Å². The van der Waals surface area contributed by atoms with Gasteiger partial charge in [-0.1, -0.05) is 0 Å². The Labute approximate surface area is 72.2 Å². The van der Waals surface area contributed by atoms with Crippen molar-refractivity contribution in [1.29, 1.82) is 0 Å². The minimum atomic E-state index is -0.924. The molecule has 11 heavy (non-hydrogen) atoms. The highest BCUT2D eigenvalue weighted by atomic mass is 35.5. The molecule has 0 aliphatic heterocycles. The van der Waals surface area contributed by atoms with E-state index in [9.17, 15) is 9.90 Å². The van der Waals surface area contributed by atoms with Crippen LogP contribution in [0.4, 0.5) is 0 Å². The molecule has 0 aromatic rings.